The number of benzene rings is 3. The minimum atomic E-state index is 0. The monoisotopic (exact) mass is 262 g/mol. The van der Waals surface area contributed by atoms with Gasteiger partial charge in [0.25, 0.3) is 0 Å². The highest BCUT2D eigenvalue weighted by Crippen LogP contribution is 2.27. The molecule has 0 atom stereocenters. The number of rotatable bonds is 0. The maximum atomic E-state index is 2.23. The van der Waals surface area contributed by atoms with Crippen LogP contribution in [0.3, 0.4) is 0 Å². The fourth-order valence-electron chi connectivity index (χ4n) is 2.46. The molecule has 0 amide bonds. The summed E-state index contributed by atoms with van der Waals surface area (Å²) in [6.07, 6.45) is 5.53. The van der Waals surface area contributed by atoms with Gasteiger partial charge in [0.05, 0.1) is 0 Å². The molecule has 0 fully saturated rings. The predicted octanol–water partition coefficient (Wildman–Crippen LogP) is 4.27. The lowest BCUT2D eigenvalue weighted by atomic mass is 9.93. The van der Waals surface area contributed by atoms with Crippen LogP contribution >= 0.6 is 0 Å². The van der Waals surface area contributed by atoms with Gasteiger partial charge in [-0.1, -0.05) is 84.9 Å². The van der Waals surface area contributed by atoms with E-state index in [2.05, 4.69) is 48.6 Å². The lowest BCUT2D eigenvalue weighted by Gasteiger charge is -2.11. The van der Waals surface area contributed by atoms with Crippen LogP contribution in [0.2, 0.25) is 0 Å². The molecule has 1 aliphatic rings. The van der Waals surface area contributed by atoms with Crippen molar-refractivity contribution in [3.8, 4) is 0 Å². The third kappa shape index (κ3) is 2.95. The van der Waals surface area contributed by atoms with Crippen LogP contribution in [0.5, 0.6) is 0 Å². The lowest BCUT2D eigenvalue weighted by molar-refractivity contribution is 0.824. The third-order valence-electron chi connectivity index (χ3n) is 3.33. The molecule has 4 rings (SSSR count). The molecular formula is C19H18O. The van der Waals surface area contributed by atoms with Gasteiger partial charge in [-0.05, 0) is 28.3 Å². The summed E-state index contributed by atoms with van der Waals surface area (Å²) in [4.78, 5) is 0. The smallest absolute Gasteiger partial charge is 0.00763 e. The van der Waals surface area contributed by atoms with Gasteiger partial charge in [0.15, 0.2) is 0 Å². The molecule has 1 aliphatic carbocycles. The van der Waals surface area contributed by atoms with E-state index < -0.39 is 0 Å². The van der Waals surface area contributed by atoms with E-state index in [1.165, 1.54) is 21.9 Å². The standard InChI is InChI=1S/C13H10.C6H6.H2O/c1-4-10-6-2-8-12-9-3-7-11(5-1)13(10)12;1-2-4-6-5-3-1;/h1-8H,9H2;1-6H;1H2. The van der Waals surface area contributed by atoms with Crippen LogP contribution in [0, 0.1) is 0 Å². The first-order valence-corrected chi connectivity index (χ1v) is 6.62. The Balaban J connectivity index is 0.000000180. The van der Waals surface area contributed by atoms with E-state index in [0.29, 0.717) is 0 Å². The Hall–Kier alpha value is -2.38. The summed E-state index contributed by atoms with van der Waals surface area (Å²) in [6, 6.07) is 25.0. The summed E-state index contributed by atoms with van der Waals surface area (Å²) in [5.41, 5.74) is 2.81. The number of allylic oxidation sites excluding steroid dienone is 1. The molecule has 0 saturated heterocycles. The third-order valence-corrected chi connectivity index (χ3v) is 3.33. The van der Waals surface area contributed by atoms with Crippen LogP contribution < -0.4 is 0 Å². The Morgan fingerprint density at radius 3 is 1.90 bits per heavy atom. The molecule has 0 spiro atoms. The molecule has 20 heavy (non-hydrogen) atoms. The first-order chi connectivity index (χ1) is 9.45. The second kappa shape index (κ2) is 6.69. The zero-order chi connectivity index (χ0) is 12.9. The predicted molar refractivity (Wildman–Crippen MR) is 86.7 cm³/mol. The normalized spacial score (nSPS) is 11.2. The molecule has 1 nitrogen and oxygen atoms in total. The van der Waals surface area contributed by atoms with E-state index in [9.17, 15) is 0 Å². The van der Waals surface area contributed by atoms with Gasteiger partial charge in [-0.15, -0.1) is 0 Å². The van der Waals surface area contributed by atoms with E-state index >= 15 is 0 Å². The van der Waals surface area contributed by atoms with Crippen LogP contribution in [0.15, 0.2) is 78.9 Å². The Kier molecular flexibility index (Phi) is 4.70. The molecule has 0 heterocycles. The van der Waals surface area contributed by atoms with Gasteiger partial charge in [-0.2, -0.15) is 0 Å². The quantitative estimate of drug-likeness (QED) is 0.579. The van der Waals surface area contributed by atoms with Crippen LogP contribution in [-0.4, -0.2) is 5.48 Å². The summed E-state index contributed by atoms with van der Waals surface area (Å²) in [5.74, 6) is 0. The van der Waals surface area contributed by atoms with E-state index in [1.807, 2.05) is 36.4 Å². The van der Waals surface area contributed by atoms with E-state index in [4.69, 9.17) is 0 Å². The average Bonchev–Trinajstić information content (AvgIpc) is 2.51. The Bertz CT molecular complexity index is 667. The second-order valence-corrected chi connectivity index (χ2v) is 4.62. The lowest BCUT2D eigenvalue weighted by Crippen LogP contribution is -1.91. The van der Waals surface area contributed by atoms with Gasteiger partial charge < -0.3 is 5.48 Å². The molecule has 0 saturated carbocycles. The van der Waals surface area contributed by atoms with Crippen molar-refractivity contribution in [2.75, 3.05) is 0 Å². The summed E-state index contributed by atoms with van der Waals surface area (Å²) < 4.78 is 0. The Labute approximate surface area is 119 Å². The zero-order valence-corrected chi connectivity index (χ0v) is 11.3. The molecule has 0 aliphatic heterocycles. The van der Waals surface area contributed by atoms with Crippen molar-refractivity contribution in [2.24, 2.45) is 0 Å². The highest BCUT2D eigenvalue weighted by molar-refractivity contribution is 5.94. The van der Waals surface area contributed by atoms with Crippen LogP contribution in [0.1, 0.15) is 11.1 Å². The molecule has 0 bridgehead atoms. The summed E-state index contributed by atoms with van der Waals surface area (Å²) in [6.45, 7) is 0. The average molecular weight is 262 g/mol. The SMILES string of the molecule is C1=Cc2cccc3cccc(c23)C1.O.c1ccccc1. The molecule has 0 radical (unpaired) electrons. The largest absolute Gasteiger partial charge is 0.412 e. The topological polar surface area (TPSA) is 31.5 Å². The van der Waals surface area contributed by atoms with Gasteiger partial charge in [-0.25, -0.2) is 0 Å². The maximum absolute atomic E-state index is 2.23. The van der Waals surface area contributed by atoms with Gasteiger partial charge in [-0.3, -0.25) is 0 Å². The zero-order valence-electron chi connectivity index (χ0n) is 11.3. The van der Waals surface area contributed by atoms with Crippen molar-refractivity contribution in [2.45, 2.75) is 6.42 Å². The van der Waals surface area contributed by atoms with Gasteiger partial charge >= 0.3 is 0 Å². The van der Waals surface area contributed by atoms with E-state index in [-0.39, 0.29) is 5.48 Å². The molecular weight excluding hydrogens is 244 g/mol. The molecule has 100 valence electrons. The first kappa shape index (κ1) is 14.0. The fourth-order valence-corrected chi connectivity index (χ4v) is 2.46. The molecule has 3 aromatic carbocycles. The van der Waals surface area contributed by atoms with Crippen LogP contribution in [0.25, 0.3) is 16.8 Å². The van der Waals surface area contributed by atoms with Crippen molar-refractivity contribution < 1.29 is 5.48 Å². The Morgan fingerprint density at radius 2 is 1.25 bits per heavy atom. The number of hydrogen-bond donors (Lipinski definition) is 0. The van der Waals surface area contributed by atoms with Crippen molar-refractivity contribution in [3.63, 3.8) is 0 Å². The van der Waals surface area contributed by atoms with Crippen molar-refractivity contribution in [1.82, 2.24) is 0 Å². The van der Waals surface area contributed by atoms with Gasteiger partial charge in [0.1, 0.15) is 0 Å². The van der Waals surface area contributed by atoms with E-state index in [0.717, 1.165) is 6.42 Å². The van der Waals surface area contributed by atoms with Crippen molar-refractivity contribution >= 4 is 16.8 Å². The van der Waals surface area contributed by atoms with Crippen LogP contribution in [-0.2, 0) is 6.42 Å². The fraction of sp³-hybridized carbons (Fsp3) is 0.0526. The van der Waals surface area contributed by atoms with Crippen LogP contribution in [0.4, 0.5) is 0 Å². The highest BCUT2D eigenvalue weighted by Gasteiger charge is 2.06. The minimum Gasteiger partial charge on any atom is -0.412 e. The molecule has 1 heteroatoms. The van der Waals surface area contributed by atoms with Crippen molar-refractivity contribution in [1.29, 1.82) is 0 Å². The number of hydrogen-bond acceptors (Lipinski definition) is 0. The van der Waals surface area contributed by atoms with Crippen molar-refractivity contribution in [3.05, 3.63) is 90.0 Å². The summed E-state index contributed by atoms with van der Waals surface area (Å²) in [7, 11) is 0. The van der Waals surface area contributed by atoms with Gasteiger partial charge in [0.2, 0.25) is 0 Å². The van der Waals surface area contributed by atoms with E-state index in [1.54, 1.807) is 0 Å². The maximum Gasteiger partial charge on any atom is -0.00763 e. The summed E-state index contributed by atoms with van der Waals surface area (Å²) >= 11 is 0. The molecule has 3 aromatic rings. The minimum absolute atomic E-state index is 0. The van der Waals surface area contributed by atoms with Gasteiger partial charge in [0, 0.05) is 0 Å². The second-order valence-electron chi connectivity index (χ2n) is 4.62. The summed E-state index contributed by atoms with van der Waals surface area (Å²) in [5, 5.41) is 2.80. The first-order valence-electron chi connectivity index (χ1n) is 6.62. The molecule has 2 N–H and O–H groups in total. The molecule has 0 unspecified atom stereocenters. The highest BCUT2D eigenvalue weighted by atomic mass is 16.0. The Morgan fingerprint density at radius 1 is 0.650 bits per heavy atom. The molecule has 0 aromatic heterocycles.